The van der Waals surface area contributed by atoms with E-state index in [1.165, 1.54) is 6.07 Å². The van der Waals surface area contributed by atoms with E-state index in [2.05, 4.69) is 26.1 Å². The van der Waals surface area contributed by atoms with Gasteiger partial charge in [-0.2, -0.15) is 4.98 Å². The molecule has 0 aliphatic carbocycles. The Morgan fingerprint density at radius 1 is 1.27 bits per heavy atom. The summed E-state index contributed by atoms with van der Waals surface area (Å²) >= 11 is 3.15. The molecule has 0 saturated carbocycles. The summed E-state index contributed by atoms with van der Waals surface area (Å²) in [4.78, 5) is 3.96. The minimum atomic E-state index is -0.939. The Balaban J connectivity index is 2.40. The normalized spacial score (nSPS) is 10.6. The minimum Gasteiger partial charge on any atom is -0.334 e. The first kappa shape index (κ1) is 10.2. The van der Waals surface area contributed by atoms with E-state index < -0.39 is 11.6 Å². The van der Waals surface area contributed by atoms with Gasteiger partial charge >= 0.3 is 0 Å². The van der Waals surface area contributed by atoms with Gasteiger partial charge in [0.05, 0.1) is 5.33 Å². The Morgan fingerprint density at radius 2 is 2.07 bits per heavy atom. The molecule has 0 saturated heterocycles. The summed E-state index contributed by atoms with van der Waals surface area (Å²) in [6.07, 6.45) is 0. The van der Waals surface area contributed by atoms with Gasteiger partial charge < -0.3 is 4.52 Å². The molecule has 2 aromatic rings. The monoisotopic (exact) mass is 274 g/mol. The maximum atomic E-state index is 12.9. The third kappa shape index (κ3) is 2.04. The number of nitrogens with zero attached hydrogens (tertiary/aromatic N) is 2. The van der Waals surface area contributed by atoms with Crippen molar-refractivity contribution in [2.45, 2.75) is 5.33 Å². The van der Waals surface area contributed by atoms with Crippen LogP contribution in [-0.2, 0) is 5.33 Å². The summed E-state index contributed by atoms with van der Waals surface area (Å²) in [7, 11) is 0. The number of alkyl halides is 1. The molecule has 0 fully saturated rings. The third-order valence-electron chi connectivity index (χ3n) is 1.75. The highest BCUT2D eigenvalue weighted by Gasteiger charge is 2.10. The summed E-state index contributed by atoms with van der Waals surface area (Å²) in [6, 6.07) is 3.41. The first-order valence-electron chi connectivity index (χ1n) is 4.04. The van der Waals surface area contributed by atoms with Gasteiger partial charge in [0.25, 0.3) is 5.89 Å². The average Bonchev–Trinajstić information content (AvgIpc) is 2.70. The molecule has 0 aliphatic rings. The van der Waals surface area contributed by atoms with Gasteiger partial charge in [0.1, 0.15) is 0 Å². The van der Waals surface area contributed by atoms with Crippen LogP contribution in [0.1, 0.15) is 5.82 Å². The lowest BCUT2D eigenvalue weighted by atomic mass is 10.2. The molecule has 0 amide bonds. The van der Waals surface area contributed by atoms with Crippen molar-refractivity contribution in [3.63, 3.8) is 0 Å². The molecule has 1 aromatic carbocycles. The van der Waals surface area contributed by atoms with Gasteiger partial charge in [-0.3, -0.25) is 0 Å². The number of halogens is 3. The Hall–Kier alpha value is -1.30. The largest absolute Gasteiger partial charge is 0.334 e. The van der Waals surface area contributed by atoms with Crippen molar-refractivity contribution in [1.82, 2.24) is 10.1 Å². The fourth-order valence-electron chi connectivity index (χ4n) is 1.05. The summed E-state index contributed by atoms with van der Waals surface area (Å²) in [5.41, 5.74) is 0.355. The van der Waals surface area contributed by atoms with Crippen LogP contribution in [0.4, 0.5) is 8.78 Å². The summed E-state index contributed by atoms with van der Waals surface area (Å²) < 4.78 is 30.4. The molecule has 1 heterocycles. The van der Waals surface area contributed by atoms with Crippen molar-refractivity contribution in [1.29, 1.82) is 0 Å². The lowest BCUT2D eigenvalue weighted by Crippen LogP contribution is -1.86. The highest BCUT2D eigenvalue weighted by atomic mass is 79.9. The van der Waals surface area contributed by atoms with E-state index in [1.54, 1.807) is 0 Å². The van der Waals surface area contributed by atoms with Crippen molar-refractivity contribution in [3.05, 3.63) is 35.7 Å². The van der Waals surface area contributed by atoms with Crippen molar-refractivity contribution in [3.8, 4) is 11.5 Å². The van der Waals surface area contributed by atoms with Gasteiger partial charge in [-0.15, -0.1) is 0 Å². The zero-order valence-corrected chi connectivity index (χ0v) is 8.96. The molecule has 3 nitrogen and oxygen atoms in total. The molecule has 0 N–H and O–H groups in total. The Morgan fingerprint density at radius 3 is 2.67 bits per heavy atom. The SMILES string of the molecule is Fc1ccc(-c2nc(CBr)no2)cc1F. The molecule has 0 spiro atoms. The Kier molecular flexibility index (Phi) is 2.77. The highest BCUT2D eigenvalue weighted by Crippen LogP contribution is 2.20. The zero-order valence-electron chi connectivity index (χ0n) is 7.38. The molecule has 0 unspecified atom stereocenters. The van der Waals surface area contributed by atoms with E-state index in [4.69, 9.17) is 4.52 Å². The Bertz CT molecular complexity index is 487. The van der Waals surface area contributed by atoms with E-state index in [0.29, 0.717) is 16.7 Å². The molecule has 0 radical (unpaired) electrons. The lowest BCUT2D eigenvalue weighted by molar-refractivity contribution is 0.424. The van der Waals surface area contributed by atoms with Gasteiger partial charge in [0, 0.05) is 5.56 Å². The molecule has 78 valence electrons. The molecule has 1 aromatic heterocycles. The van der Waals surface area contributed by atoms with E-state index >= 15 is 0 Å². The molecule has 15 heavy (non-hydrogen) atoms. The van der Waals surface area contributed by atoms with Crippen molar-refractivity contribution < 1.29 is 13.3 Å². The van der Waals surface area contributed by atoms with Crippen LogP contribution in [0.2, 0.25) is 0 Å². The molecular weight excluding hydrogens is 270 g/mol. The third-order valence-corrected chi connectivity index (χ3v) is 2.26. The van der Waals surface area contributed by atoms with Crippen molar-refractivity contribution in [2.75, 3.05) is 0 Å². The maximum absolute atomic E-state index is 12.9. The average molecular weight is 275 g/mol. The van der Waals surface area contributed by atoms with Crippen LogP contribution in [0.15, 0.2) is 22.7 Å². The minimum absolute atomic E-state index is 0.170. The van der Waals surface area contributed by atoms with Crippen LogP contribution in [-0.4, -0.2) is 10.1 Å². The Labute approximate surface area is 92.2 Å². The van der Waals surface area contributed by atoms with Crippen LogP contribution in [0.5, 0.6) is 0 Å². The smallest absolute Gasteiger partial charge is 0.258 e. The first-order chi connectivity index (χ1) is 7.20. The van der Waals surface area contributed by atoms with Crippen LogP contribution >= 0.6 is 15.9 Å². The molecule has 6 heteroatoms. The van der Waals surface area contributed by atoms with Crippen LogP contribution in [0.25, 0.3) is 11.5 Å². The lowest BCUT2D eigenvalue weighted by Gasteiger charge is -1.95. The second-order valence-electron chi connectivity index (χ2n) is 2.78. The fourth-order valence-corrected chi connectivity index (χ4v) is 1.28. The van der Waals surface area contributed by atoms with Gasteiger partial charge in [0.2, 0.25) is 0 Å². The van der Waals surface area contributed by atoms with Gasteiger partial charge in [0.15, 0.2) is 17.5 Å². The van der Waals surface area contributed by atoms with Crippen LogP contribution in [0, 0.1) is 11.6 Å². The zero-order chi connectivity index (χ0) is 10.8. The van der Waals surface area contributed by atoms with Crippen molar-refractivity contribution in [2.24, 2.45) is 0 Å². The van der Waals surface area contributed by atoms with Crippen LogP contribution < -0.4 is 0 Å². The predicted octanol–water partition coefficient (Wildman–Crippen LogP) is 2.91. The molecule has 0 aliphatic heterocycles. The van der Waals surface area contributed by atoms with E-state index in [1.807, 2.05) is 0 Å². The number of aromatic nitrogens is 2. The van der Waals surface area contributed by atoms with Gasteiger partial charge in [-0.25, -0.2) is 8.78 Å². The maximum Gasteiger partial charge on any atom is 0.258 e. The number of hydrogen-bond donors (Lipinski definition) is 0. The van der Waals surface area contributed by atoms with E-state index in [0.717, 1.165) is 12.1 Å². The number of benzene rings is 1. The highest BCUT2D eigenvalue weighted by molar-refractivity contribution is 9.08. The van der Waals surface area contributed by atoms with E-state index in [9.17, 15) is 8.78 Å². The number of hydrogen-bond acceptors (Lipinski definition) is 3. The number of rotatable bonds is 2. The van der Waals surface area contributed by atoms with Gasteiger partial charge in [-0.1, -0.05) is 21.1 Å². The standard InChI is InChI=1S/C9H5BrF2N2O/c10-4-8-13-9(15-14-8)5-1-2-6(11)7(12)3-5/h1-3H,4H2. The van der Waals surface area contributed by atoms with Crippen LogP contribution in [0.3, 0.4) is 0 Å². The summed E-state index contributed by atoms with van der Waals surface area (Å²) in [5.74, 6) is -1.22. The van der Waals surface area contributed by atoms with E-state index in [-0.39, 0.29) is 5.89 Å². The quantitative estimate of drug-likeness (QED) is 0.791. The molecule has 2 rings (SSSR count). The summed E-state index contributed by atoms with van der Waals surface area (Å²) in [5, 5.41) is 4.06. The fraction of sp³-hybridized carbons (Fsp3) is 0.111. The second kappa shape index (κ2) is 4.06. The van der Waals surface area contributed by atoms with Gasteiger partial charge in [-0.05, 0) is 18.2 Å². The molecule has 0 atom stereocenters. The molecular formula is C9H5BrF2N2O. The predicted molar refractivity (Wildman–Crippen MR) is 52.3 cm³/mol. The topological polar surface area (TPSA) is 38.9 Å². The summed E-state index contributed by atoms with van der Waals surface area (Å²) in [6.45, 7) is 0. The molecule has 0 bridgehead atoms. The first-order valence-corrected chi connectivity index (χ1v) is 5.17. The second-order valence-corrected chi connectivity index (χ2v) is 3.34. The van der Waals surface area contributed by atoms with Crippen molar-refractivity contribution >= 4 is 15.9 Å².